The molecule has 23 heavy (non-hydrogen) atoms. The number of thiocarbonyl (C=S) groups is 1. The molecule has 1 fully saturated rings. The van der Waals surface area contributed by atoms with Gasteiger partial charge in [-0.1, -0.05) is 54.3 Å². The summed E-state index contributed by atoms with van der Waals surface area (Å²) in [6, 6.07) is 17.2. The van der Waals surface area contributed by atoms with E-state index in [4.69, 9.17) is 17.0 Å². The molecule has 0 atom stereocenters. The number of hydrogen-bond acceptors (Lipinski definition) is 4. The van der Waals surface area contributed by atoms with Crippen molar-refractivity contribution in [2.45, 2.75) is 6.92 Å². The average Bonchev–Trinajstić information content (AvgIpc) is 2.82. The molecule has 0 radical (unpaired) electrons. The van der Waals surface area contributed by atoms with E-state index in [0.717, 1.165) is 17.1 Å². The first-order valence-corrected chi connectivity index (χ1v) is 8.48. The van der Waals surface area contributed by atoms with Crippen LogP contribution in [0.5, 0.6) is 11.5 Å². The second-order valence-electron chi connectivity index (χ2n) is 4.91. The smallest absolute Gasteiger partial charge is 0.266 e. The third kappa shape index (κ3) is 3.63. The molecule has 1 saturated heterocycles. The molecule has 0 spiro atoms. The number of para-hydroxylation sites is 1. The van der Waals surface area contributed by atoms with Gasteiger partial charge in [0.1, 0.15) is 15.8 Å². The topological polar surface area (TPSA) is 29.5 Å². The predicted octanol–water partition coefficient (Wildman–Crippen LogP) is 4.70. The van der Waals surface area contributed by atoms with Crippen molar-refractivity contribution < 1.29 is 9.53 Å². The van der Waals surface area contributed by atoms with Crippen LogP contribution >= 0.6 is 24.0 Å². The van der Waals surface area contributed by atoms with Gasteiger partial charge in [0.25, 0.3) is 5.91 Å². The van der Waals surface area contributed by atoms with Gasteiger partial charge >= 0.3 is 0 Å². The number of benzene rings is 2. The SMILES string of the molecule is CCN1C(=O)/C(=C/c2cccc(Oc3ccccc3)c2)SC1=S. The van der Waals surface area contributed by atoms with E-state index in [1.165, 1.54) is 11.8 Å². The third-order valence-corrected chi connectivity index (χ3v) is 4.70. The molecular formula is C18H15NO2S2. The van der Waals surface area contributed by atoms with Crippen molar-refractivity contribution in [3.63, 3.8) is 0 Å². The predicted molar refractivity (Wildman–Crippen MR) is 98.5 cm³/mol. The van der Waals surface area contributed by atoms with Crippen molar-refractivity contribution in [1.29, 1.82) is 0 Å². The van der Waals surface area contributed by atoms with Crippen LogP contribution in [0.2, 0.25) is 0 Å². The zero-order valence-corrected chi connectivity index (χ0v) is 14.2. The molecule has 0 saturated carbocycles. The van der Waals surface area contributed by atoms with Gasteiger partial charge in [-0.15, -0.1) is 0 Å². The highest BCUT2D eigenvalue weighted by molar-refractivity contribution is 8.26. The molecule has 0 N–H and O–H groups in total. The quantitative estimate of drug-likeness (QED) is 0.595. The zero-order valence-electron chi connectivity index (χ0n) is 12.6. The number of hydrogen-bond donors (Lipinski definition) is 0. The molecule has 3 nitrogen and oxygen atoms in total. The Hall–Kier alpha value is -2.11. The van der Waals surface area contributed by atoms with Crippen molar-refractivity contribution in [3.05, 3.63) is 65.1 Å². The molecule has 2 aromatic rings. The largest absolute Gasteiger partial charge is 0.457 e. The molecular weight excluding hydrogens is 326 g/mol. The average molecular weight is 341 g/mol. The number of nitrogens with zero attached hydrogens (tertiary/aromatic N) is 1. The van der Waals surface area contributed by atoms with E-state index in [-0.39, 0.29) is 5.91 Å². The molecule has 2 aromatic carbocycles. The van der Waals surface area contributed by atoms with Crippen LogP contribution in [0, 0.1) is 0 Å². The Morgan fingerprint density at radius 3 is 2.57 bits per heavy atom. The fraction of sp³-hybridized carbons (Fsp3) is 0.111. The molecule has 0 bridgehead atoms. The van der Waals surface area contributed by atoms with Crippen molar-refractivity contribution >= 4 is 40.3 Å². The number of carbonyl (C=O) groups excluding carboxylic acids is 1. The van der Waals surface area contributed by atoms with E-state index in [9.17, 15) is 4.79 Å². The Labute approximate surface area is 144 Å². The van der Waals surface area contributed by atoms with E-state index < -0.39 is 0 Å². The zero-order chi connectivity index (χ0) is 16.2. The highest BCUT2D eigenvalue weighted by Gasteiger charge is 2.30. The maximum absolute atomic E-state index is 12.2. The summed E-state index contributed by atoms with van der Waals surface area (Å²) in [6.45, 7) is 2.52. The van der Waals surface area contributed by atoms with Gasteiger partial charge in [-0.3, -0.25) is 9.69 Å². The number of likely N-dealkylation sites (N-methyl/N-ethyl adjacent to an activating group) is 1. The number of carbonyl (C=O) groups is 1. The van der Waals surface area contributed by atoms with Gasteiger partial charge in [0, 0.05) is 6.54 Å². The lowest BCUT2D eigenvalue weighted by atomic mass is 10.2. The lowest BCUT2D eigenvalue weighted by Gasteiger charge is -2.09. The highest BCUT2D eigenvalue weighted by atomic mass is 32.2. The second kappa shape index (κ2) is 6.98. The Morgan fingerprint density at radius 2 is 1.87 bits per heavy atom. The first kappa shape index (κ1) is 15.8. The monoisotopic (exact) mass is 341 g/mol. The minimum atomic E-state index is -0.0307. The molecule has 1 aliphatic rings. The van der Waals surface area contributed by atoms with Crippen LogP contribution in [-0.4, -0.2) is 21.7 Å². The van der Waals surface area contributed by atoms with Gasteiger partial charge in [-0.05, 0) is 42.8 Å². The Bertz CT molecular complexity index is 772. The molecule has 1 aliphatic heterocycles. The molecule has 116 valence electrons. The van der Waals surface area contributed by atoms with Gasteiger partial charge < -0.3 is 4.74 Å². The first-order chi connectivity index (χ1) is 11.2. The van der Waals surface area contributed by atoms with Crippen molar-refractivity contribution in [3.8, 4) is 11.5 Å². The molecule has 0 aromatic heterocycles. The summed E-state index contributed by atoms with van der Waals surface area (Å²) in [5, 5.41) is 0. The second-order valence-corrected chi connectivity index (χ2v) is 6.59. The maximum atomic E-state index is 12.2. The van der Waals surface area contributed by atoms with Gasteiger partial charge in [0.15, 0.2) is 0 Å². The molecule has 1 heterocycles. The summed E-state index contributed by atoms with van der Waals surface area (Å²) < 4.78 is 6.43. The minimum absolute atomic E-state index is 0.0307. The lowest BCUT2D eigenvalue weighted by molar-refractivity contribution is -0.121. The number of rotatable bonds is 4. The van der Waals surface area contributed by atoms with Crippen LogP contribution in [0.3, 0.4) is 0 Å². The van der Waals surface area contributed by atoms with Crippen molar-refractivity contribution in [2.75, 3.05) is 6.54 Å². The van der Waals surface area contributed by atoms with Crippen molar-refractivity contribution in [2.24, 2.45) is 0 Å². The van der Waals surface area contributed by atoms with Crippen LogP contribution in [-0.2, 0) is 4.79 Å². The molecule has 5 heteroatoms. The summed E-state index contributed by atoms with van der Waals surface area (Å²) in [5.41, 5.74) is 0.912. The fourth-order valence-electron chi connectivity index (χ4n) is 2.22. The number of ether oxygens (including phenoxy) is 1. The normalized spacial score (nSPS) is 16.2. The molecule has 0 unspecified atom stereocenters. The van der Waals surface area contributed by atoms with Crippen LogP contribution in [0.25, 0.3) is 6.08 Å². The fourth-order valence-corrected chi connectivity index (χ4v) is 3.60. The summed E-state index contributed by atoms with van der Waals surface area (Å²) in [5.74, 6) is 1.48. The van der Waals surface area contributed by atoms with E-state index >= 15 is 0 Å². The van der Waals surface area contributed by atoms with Gasteiger partial charge in [-0.25, -0.2) is 0 Å². The summed E-state index contributed by atoms with van der Waals surface area (Å²) in [7, 11) is 0. The van der Waals surface area contributed by atoms with Crippen molar-refractivity contribution in [1.82, 2.24) is 4.90 Å². The van der Waals surface area contributed by atoms with Crippen LogP contribution in [0.4, 0.5) is 0 Å². The van der Waals surface area contributed by atoms with Crippen LogP contribution in [0.15, 0.2) is 59.5 Å². The van der Waals surface area contributed by atoms with Gasteiger partial charge in [0.2, 0.25) is 0 Å². The highest BCUT2D eigenvalue weighted by Crippen LogP contribution is 2.33. The number of thioether (sulfide) groups is 1. The number of amides is 1. The third-order valence-electron chi connectivity index (χ3n) is 3.32. The van der Waals surface area contributed by atoms with E-state index in [1.54, 1.807) is 4.90 Å². The van der Waals surface area contributed by atoms with Crippen LogP contribution in [0.1, 0.15) is 12.5 Å². The van der Waals surface area contributed by atoms with E-state index in [0.29, 0.717) is 15.8 Å². The first-order valence-electron chi connectivity index (χ1n) is 7.25. The van der Waals surface area contributed by atoms with Crippen LogP contribution < -0.4 is 4.74 Å². The summed E-state index contributed by atoms with van der Waals surface area (Å²) >= 11 is 6.56. The van der Waals surface area contributed by atoms with Gasteiger partial charge in [-0.2, -0.15) is 0 Å². The minimum Gasteiger partial charge on any atom is -0.457 e. The Morgan fingerprint density at radius 1 is 1.13 bits per heavy atom. The van der Waals surface area contributed by atoms with E-state index in [1.807, 2.05) is 67.6 Å². The van der Waals surface area contributed by atoms with Gasteiger partial charge in [0.05, 0.1) is 4.91 Å². The Balaban J connectivity index is 1.82. The lowest BCUT2D eigenvalue weighted by Crippen LogP contribution is -2.27. The molecule has 0 aliphatic carbocycles. The Kier molecular flexibility index (Phi) is 4.79. The van der Waals surface area contributed by atoms with E-state index in [2.05, 4.69) is 0 Å². The standard InChI is InChI=1S/C18H15NO2S2/c1-2-19-17(20)16(23-18(19)22)12-13-7-6-10-15(11-13)21-14-8-4-3-5-9-14/h3-12H,2H2,1H3/b16-12-. The maximum Gasteiger partial charge on any atom is 0.266 e. The summed E-state index contributed by atoms with van der Waals surface area (Å²) in [4.78, 5) is 14.5. The summed E-state index contributed by atoms with van der Waals surface area (Å²) in [6.07, 6.45) is 1.85. The molecule has 3 rings (SSSR count). The molecule has 1 amide bonds.